The van der Waals surface area contributed by atoms with E-state index in [-0.39, 0.29) is 12.5 Å². The van der Waals surface area contributed by atoms with Crippen molar-refractivity contribution in [3.63, 3.8) is 0 Å². The van der Waals surface area contributed by atoms with E-state index in [2.05, 4.69) is 0 Å². The monoisotopic (exact) mass is 358 g/mol. The minimum Gasteiger partial charge on any atom is -0.484 e. The lowest BCUT2D eigenvalue weighted by Gasteiger charge is -2.31. The normalized spacial score (nSPS) is 15.8. The molecule has 25 heavy (non-hydrogen) atoms. The van der Waals surface area contributed by atoms with Gasteiger partial charge in [-0.3, -0.25) is 9.59 Å². The van der Waals surface area contributed by atoms with Gasteiger partial charge in [0.1, 0.15) is 12.3 Å². The van der Waals surface area contributed by atoms with Crippen LogP contribution in [-0.2, 0) is 9.59 Å². The van der Waals surface area contributed by atoms with E-state index < -0.39 is 24.5 Å². The first-order valence-electron chi connectivity index (χ1n) is 8.06. The van der Waals surface area contributed by atoms with Crippen LogP contribution in [0.25, 0.3) is 0 Å². The predicted octanol–water partition coefficient (Wildman–Crippen LogP) is 2.29. The third-order valence-corrected chi connectivity index (χ3v) is 4.03. The number of likely N-dealkylation sites (tertiary alicyclic amines) is 1. The minimum absolute atomic E-state index is 0.103. The Bertz CT molecular complexity index is 611. The molecule has 1 aromatic rings. The molecular formula is C17H21F3N2O3. The molecule has 1 aliphatic heterocycles. The van der Waals surface area contributed by atoms with E-state index in [4.69, 9.17) is 4.74 Å². The number of nitrogens with zero attached hydrogens (tertiary/aromatic N) is 1. The van der Waals surface area contributed by atoms with E-state index in [9.17, 15) is 22.8 Å². The summed E-state index contributed by atoms with van der Waals surface area (Å²) >= 11 is 0. The zero-order valence-corrected chi connectivity index (χ0v) is 13.9. The average Bonchev–Trinajstić information content (AvgIpc) is 2.57. The first kappa shape index (κ1) is 19.1. The number of piperidine rings is 1. The van der Waals surface area contributed by atoms with Crippen LogP contribution in [0.1, 0.15) is 18.4 Å². The Kier molecular flexibility index (Phi) is 6.27. The predicted molar refractivity (Wildman–Crippen MR) is 85.0 cm³/mol. The van der Waals surface area contributed by atoms with Gasteiger partial charge in [0.25, 0.3) is 5.91 Å². The first-order valence-corrected chi connectivity index (χ1v) is 8.06. The largest absolute Gasteiger partial charge is 0.484 e. The number of hydrogen-bond acceptors (Lipinski definition) is 3. The van der Waals surface area contributed by atoms with Gasteiger partial charge in [-0.05, 0) is 37.5 Å². The molecule has 1 N–H and O–H groups in total. The molecule has 8 heteroatoms. The summed E-state index contributed by atoms with van der Waals surface area (Å²) in [4.78, 5) is 25.4. The van der Waals surface area contributed by atoms with Crippen LogP contribution < -0.4 is 10.1 Å². The van der Waals surface area contributed by atoms with Crippen molar-refractivity contribution in [2.45, 2.75) is 25.9 Å². The van der Waals surface area contributed by atoms with Gasteiger partial charge in [0.15, 0.2) is 6.61 Å². The van der Waals surface area contributed by atoms with Gasteiger partial charge >= 0.3 is 6.18 Å². The number of carbonyl (C=O) groups excluding carboxylic acids is 2. The van der Waals surface area contributed by atoms with Gasteiger partial charge in [-0.15, -0.1) is 0 Å². The van der Waals surface area contributed by atoms with Crippen LogP contribution in [0.4, 0.5) is 13.2 Å². The maximum atomic E-state index is 12.1. The van der Waals surface area contributed by atoms with Gasteiger partial charge in [-0.1, -0.05) is 12.1 Å². The summed E-state index contributed by atoms with van der Waals surface area (Å²) in [5.41, 5.74) is 1.02. The molecule has 0 aromatic heterocycles. The molecule has 1 heterocycles. The number of alkyl halides is 3. The van der Waals surface area contributed by atoms with Crippen molar-refractivity contribution in [2.75, 3.05) is 26.2 Å². The lowest BCUT2D eigenvalue weighted by Crippen LogP contribution is -2.45. The summed E-state index contributed by atoms with van der Waals surface area (Å²) < 4.78 is 41.8. The van der Waals surface area contributed by atoms with Crippen molar-refractivity contribution in [3.05, 3.63) is 29.8 Å². The number of ether oxygens (including phenoxy) is 1. The Hall–Kier alpha value is -2.25. The molecule has 0 bridgehead atoms. The van der Waals surface area contributed by atoms with E-state index in [0.717, 1.165) is 5.56 Å². The van der Waals surface area contributed by atoms with Crippen molar-refractivity contribution in [1.29, 1.82) is 0 Å². The molecule has 2 amide bonds. The van der Waals surface area contributed by atoms with Gasteiger partial charge in [0.05, 0.1) is 0 Å². The first-order chi connectivity index (χ1) is 11.7. The third kappa shape index (κ3) is 6.28. The highest BCUT2D eigenvalue weighted by molar-refractivity contribution is 5.80. The topological polar surface area (TPSA) is 58.6 Å². The number of hydrogen-bond donors (Lipinski definition) is 1. The number of nitrogens with one attached hydrogen (secondary N) is 1. The Morgan fingerprint density at radius 1 is 1.28 bits per heavy atom. The van der Waals surface area contributed by atoms with E-state index in [1.54, 1.807) is 11.0 Å². The Morgan fingerprint density at radius 3 is 2.56 bits per heavy atom. The highest BCUT2D eigenvalue weighted by Gasteiger charge is 2.31. The lowest BCUT2D eigenvalue weighted by atomic mass is 9.96. The SMILES string of the molecule is Cc1cccc(OCC(=O)N2CCC(C(=O)NCC(F)(F)F)CC2)c1. The molecule has 5 nitrogen and oxygen atoms in total. The van der Waals surface area contributed by atoms with Gasteiger partial charge in [-0.25, -0.2) is 0 Å². The summed E-state index contributed by atoms with van der Waals surface area (Å²) in [6, 6.07) is 7.34. The van der Waals surface area contributed by atoms with Crippen LogP contribution in [0.2, 0.25) is 0 Å². The summed E-state index contributed by atoms with van der Waals surface area (Å²) in [6.45, 7) is 1.16. The molecule has 0 saturated carbocycles. The number of benzene rings is 1. The molecule has 1 aromatic carbocycles. The van der Waals surface area contributed by atoms with E-state index >= 15 is 0 Å². The zero-order valence-electron chi connectivity index (χ0n) is 13.9. The number of amides is 2. The number of carbonyl (C=O) groups is 2. The van der Waals surface area contributed by atoms with Crippen molar-refractivity contribution in [2.24, 2.45) is 5.92 Å². The van der Waals surface area contributed by atoms with Gasteiger partial charge in [0.2, 0.25) is 5.91 Å². The lowest BCUT2D eigenvalue weighted by molar-refractivity contribution is -0.143. The molecule has 0 spiro atoms. The summed E-state index contributed by atoms with van der Waals surface area (Å²) in [7, 11) is 0. The second-order valence-electron chi connectivity index (χ2n) is 6.09. The Labute approximate surface area is 144 Å². The molecule has 1 aliphatic rings. The molecule has 0 atom stereocenters. The highest BCUT2D eigenvalue weighted by atomic mass is 19.4. The minimum atomic E-state index is -4.42. The summed E-state index contributed by atoms with van der Waals surface area (Å²) in [5.74, 6) is -0.699. The highest BCUT2D eigenvalue weighted by Crippen LogP contribution is 2.19. The fourth-order valence-corrected chi connectivity index (χ4v) is 2.66. The van der Waals surface area contributed by atoms with Crippen LogP contribution in [0, 0.1) is 12.8 Å². The molecular weight excluding hydrogens is 337 g/mol. The van der Waals surface area contributed by atoms with Crippen LogP contribution in [0.5, 0.6) is 5.75 Å². The maximum absolute atomic E-state index is 12.1. The average molecular weight is 358 g/mol. The van der Waals surface area contributed by atoms with Crippen molar-refractivity contribution < 1.29 is 27.5 Å². The molecule has 0 radical (unpaired) electrons. The van der Waals surface area contributed by atoms with Crippen molar-refractivity contribution in [1.82, 2.24) is 10.2 Å². The van der Waals surface area contributed by atoms with Crippen molar-refractivity contribution >= 4 is 11.8 Å². The molecule has 1 fully saturated rings. The van der Waals surface area contributed by atoms with Gasteiger partial charge < -0.3 is 15.0 Å². The van der Waals surface area contributed by atoms with Crippen molar-refractivity contribution in [3.8, 4) is 5.75 Å². The zero-order chi connectivity index (χ0) is 18.4. The number of rotatable bonds is 5. The van der Waals surface area contributed by atoms with Crippen LogP contribution in [0.3, 0.4) is 0 Å². The van der Waals surface area contributed by atoms with Gasteiger partial charge in [-0.2, -0.15) is 13.2 Å². The molecule has 1 saturated heterocycles. The molecule has 2 rings (SSSR count). The fourth-order valence-electron chi connectivity index (χ4n) is 2.66. The second kappa shape index (κ2) is 8.22. The third-order valence-electron chi connectivity index (χ3n) is 4.03. The fraction of sp³-hybridized carbons (Fsp3) is 0.529. The number of aryl methyl sites for hydroxylation is 1. The standard InChI is InChI=1S/C17H21F3N2O3/c1-12-3-2-4-14(9-12)25-10-15(23)22-7-5-13(6-8-22)16(24)21-11-17(18,19)20/h2-4,9,13H,5-8,10-11H2,1H3,(H,21,24). The Balaban J connectivity index is 1.73. The van der Waals surface area contributed by atoms with E-state index in [1.165, 1.54) is 0 Å². The molecule has 0 unspecified atom stereocenters. The van der Waals surface area contributed by atoms with E-state index in [0.29, 0.717) is 31.7 Å². The smallest absolute Gasteiger partial charge is 0.405 e. The summed E-state index contributed by atoms with van der Waals surface area (Å²) in [6.07, 6.45) is -3.72. The van der Waals surface area contributed by atoms with Crippen LogP contribution >= 0.6 is 0 Å². The number of halogens is 3. The van der Waals surface area contributed by atoms with Crippen LogP contribution in [0.15, 0.2) is 24.3 Å². The van der Waals surface area contributed by atoms with Gasteiger partial charge in [0, 0.05) is 19.0 Å². The molecule has 0 aliphatic carbocycles. The van der Waals surface area contributed by atoms with Crippen LogP contribution in [-0.4, -0.2) is 49.1 Å². The maximum Gasteiger partial charge on any atom is 0.405 e. The molecule has 138 valence electrons. The summed E-state index contributed by atoms with van der Waals surface area (Å²) in [5, 5.41) is 1.90. The second-order valence-corrected chi connectivity index (χ2v) is 6.09. The Morgan fingerprint density at radius 2 is 1.96 bits per heavy atom. The van der Waals surface area contributed by atoms with E-state index in [1.807, 2.05) is 30.4 Å². The quantitative estimate of drug-likeness (QED) is 0.879.